The summed E-state index contributed by atoms with van der Waals surface area (Å²) in [6, 6.07) is 148. The van der Waals surface area contributed by atoms with E-state index in [0.717, 1.165) is 157 Å². The minimum Gasteiger partial charge on any atom is -0.310 e. The van der Waals surface area contributed by atoms with Gasteiger partial charge in [0, 0.05) is 77.9 Å². The van der Waals surface area contributed by atoms with Gasteiger partial charge in [-0.05, 0) is 201 Å². The Labute approximate surface area is 699 Å². The van der Waals surface area contributed by atoms with E-state index in [0.29, 0.717) is 0 Å². The summed E-state index contributed by atoms with van der Waals surface area (Å²) < 4.78 is 5.05. The molecule has 0 saturated heterocycles. The van der Waals surface area contributed by atoms with Crippen molar-refractivity contribution in [1.29, 1.82) is 0 Å². The van der Waals surface area contributed by atoms with Crippen molar-refractivity contribution in [2.75, 3.05) is 9.80 Å². The zero-order valence-corrected chi connectivity index (χ0v) is 68.8. The Hall–Kier alpha value is -14.0. The second-order valence-electron chi connectivity index (χ2n) is 35.5. The summed E-state index contributed by atoms with van der Waals surface area (Å²) in [5.74, 6) is 0. The minimum absolute atomic E-state index is 0.302. The normalized spacial score (nSPS) is 12.7. The predicted molar refractivity (Wildman–Crippen MR) is 509 cm³/mol. The highest BCUT2D eigenvalue weighted by Gasteiger charge is 2.47. The summed E-state index contributed by atoms with van der Waals surface area (Å²) in [4.78, 5) is 5.57. The molecule has 5 heteroatoms. The predicted octanol–water partition coefficient (Wildman–Crippen LogP) is 29.2. The highest BCUT2D eigenvalue weighted by molar-refractivity contribution is 7.00. The Kier molecular flexibility index (Phi) is 17.4. The molecule has 0 unspecified atom stereocenters. The van der Waals surface area contributed by atoms with Crippen molar-refractivity contribution in [1.82, 2.24) is 9.13 Å². The fourth-order valence-electron chi connectivity index (χ4n) is 19.3. The van der Waals surface area contributed by atoms with Gasteiger partial charge in [-0.2, -0.15) is 0 Å². The molecular weight excluding hydrogens is 1440 g/mol. The van der Waals surface area contributed by atoms with Crippen molar-refractivity contribution in [2.45, 2.75) is 78.6 Å². The Balaban J connectivity index is 0.981. The molecule has 0 spiro atoms. The smallest absolute Gasteiger partial charge is 0.252 e. The van der Waals surface area contributed by atoms with Gasteiger partial charge in [0.2, 0.25) is 0 Å². The first-order valence-electron chi connectivity index (χ1n) is 42.0. The zero-order chi connectivity index (χ0) is 80.6. The van der Waals surface area contributed by atoms with E-state index in [9.17, 15) is 0 Å². The molecule has 0 fully saturated rings. The highest BCUT2D eigenvalue weighted by Crippen LogP contribution is 2.58. The number of hydrogen-bond acceptors (Lipinski definition) is 2. The van der Waals surface area contributed by atoms with Crippen LogP contribution in [0.3, 0.4) is 0 Å². The molecule has 2 aliphatic rings. The molecule has 4 heterocycles. The summed E-state index contributed by atoms with van der Waals surface area (Å²) in [6.45, 7) is 21.2. The van der Waals surface area contributed by atoms with Gasteiger partial charge in [0.05, 0.1) is 33.4 Å². The molecule has 570 valence electrons. The van der Waals surface area contributed by atoms with Crippen LogP contribution in [0.1, 0.15) is 79.0 Å². The third-order valence-electron chi connectivity index (χ3n) is 25.2. The fourth-order valence-corrected chi connectivity index (χ4v) is 19.3. The number of anilines is 6. The number of nitrogens with zero attached hydrogens (tertiary/aromatic N) is 4. The Morgan fingerprint density at radius 3 is 0.706 bits per heavy atom. The van der Waals surface area contributed by atoms with Crippen molar-refractivity contribution in [2.24, 2.45) is 0 Å². The van der Waals surface area contributed by atoms with E-state index >= 15 is 0 Å². The number of rotatable bonds is 12. The molecule has 17 aromatic carbocycles. The zero-order valence-electron chi connectivity index (χ0n) is 68.8. The first-order valence-corrected chi connectivity index (χ1v) is 42.0. The van der Waals surface area contributed by atoms with E-state index in [-0.39, 0.29) is 17.5 Å². The van der Waals surface area contributed by atoms with Gasteiger partial charge in [0.15, 0.2) is 0 Å². The monoisotopic (exact) mass is 1530 g/mol. The van der Waals surface area contributed by atoms with Crippen LogP contribution in [-0.2, 0) is 16.2 Å². The van der Waals surface area contributed by atoms with E-state index in [1.165, 1.54) is 54.6 Å². The first kappa shape index (κ1) is 72.7. The molecule has 4 nitrogen and oxygen atoms in total. The second-order valence-corrected chi connectivity index (χ2v) is 35.5. The summed E-state index contributed by atoms with van der Waals surface area (Å²) in [6.07, 6.45) is 0. The van der Waals surface area contributed by atoms with E-state index in [2.05, 4.69) is 469 Å². The summed E-state index contributed by atoms with van der Waals surface area (Å²) in [7, 11) is 0. The Bertz CT molecular complexity index is 6490. The van der Waals surface area contributed by atoms with E-state index < -0.39 is 5.41 Å². The number of hydrogen-bond donors (Lipinski definition) is 0. The molecule has 0 N–H and O–H groups in total. The molecule has 0 atom stereocenters. The average molecular weight is 1530 g/mol. The standard InChI is InChI=1S/C114H91BN4/c1-112(2,3)78-66-95(87-50-26-22-46-83(87)74-38-14-10-15-39-74)110(96(67-78)88-51-27-23-47-84(88)75-40-16-11-17-41-75)118-105-72-81(116-101-58-34-30-54-91(101)92-55-31-35-59-102(92)116)62-64-99(105)115-100-65-63-82(117-103-60-36-32-56-93(103)94-57-33-37-61-104(94)117)73-106(100)119(108-71-80(114(7,8)9)70-107(118)109(108)115)111-97(89-52-28-24-48-85(89)76-42-18-12-19-43-76)68-79(113(4,5)6)69-98(111)90-53-29-25-49-86(90)77-44-20-13-21-45-77/h10-73H,1-9H3. The van der Waals surface area contributed by atoms with E-state index in [1.807, 2.05) is 0 Å². The van der Waals surface area contributed by atoms with Gasteiger partial charge in [-0.15, -0.1) is 0 Å². The molecular formula is C114H91BN4. The highest BCUT2D eigenvalue weighted by atomic mass is 15.2. The van der Waals surface area contributed by atoms with Crippen LogP contribution in [-0.4, -0.2) is 15.8 Å². The number of para-hydroxylation sites is 4. The molecule has 19 aromatic rings. The van der Waals surface area contributed by atoms with Crippen LogP contribution in [0, 0.1) is 0 Å². The van der Waals surface area contributed by atoms with Crippen LogP contribution in [0.2, 0.25) is 0 Å². The second kappa shape index (κ2) is 28.4. The Morgan fingerprint density at radius 1 is 0.202 bits per heavy atom. The molecule has 21 rings (SSSR count). The third kappa shape index (κ3) is 12.2. The van der Waals surface area contributed by atoms with Crippen molar-refractivity contribution in [3.8, 4) is 100 Å². The minimum atomic E-state index is -0.419. The fraction of sp³-hybridized carbons (Fsp3) is 0.105. The van der Waals surface area contributed by atoms with E-state index in [1.54, 1.807) is 0 Å². The molecule has 2 aromatic heterocycles. The summed E-state index contributed by atoms with van der Waals surface area (Å²) >= 11 is 0. The largest absolute Gasteiger partial charge is 0.310 e. The van der Waals surface area contributed by atoms with E-state index in [4.69, 9.17) is 0 Å². The van der Waals surface area contributed by atoms with Crippen LogP contribution >= 0.6 is 0 Å². The topological polar surface area (TPSA) is 16.3 Å². The van der Waals surface area contributed by atoms with Gasteiger partial charge in [-0.3, -0.25) is 0 Å². The van der Waals surface area contributed by atoms with Crippen LogP contribution in [0.4, 0.5) is 34.1 Å². The first-order chi connectivity index (χ1) is 58.0. The van der Waals surface area contributed by atoms with Gasteiger partial charge in [0.25, 0.3) is 6.71 Å². The SMILES string of the molecule is CC(C)(C)c1cc(-c2ccccc2-c2ccccc2)c(N2c3cc(-n4c5ccccc5c5ccccc54)ccc3B3c4ccc(-n5c6ccccc6c6ccccc65)cc4N(c4c(-c5ccccc5-c5ccccc5)cc(C(C)(C)C)cc4-c4ccccc4-c4ccccc4)c4cc(C(C)(C)C)cc2c43)c(-c2ccccc2-c2ccccc2)c1. The number of fused-ring (bicyclic) bond motifs is 10. The molecule has 0 amide bonds. The van der Waals surface area contributed by atoms with Gasteiger partial charge < -0.3 is 18.9 Å². The summed E-state index contributed by atoms with van der Waals surface area (Å²) in [5.41, 5.74) is 38.1. The lowest BCUT2D eigenvalue weighted by Gasteiger charge is -2.47. The molecule has 119 heavy (non-hydrogen) atoms. The van der Waals surface area contributed by atoms with Gasteiger partial charge in [-0.25, -0.2) is 0 Å². The quantitative estimate of drug-likeness (QED) is 0.113. The molecule has 0 aliphatic carbocycles. The molecule has 0 saturated carbocycles. The molecule has 0 bridgehead atoms. The van der Waals surface area contributed by atoms with Crippen LogP contribution in [0.25, 0.3) is 144 Å². The number of aromatic nitrogens is 2. The van der Waals surface area contributed by atoms with Crippen molar-refractivity contribution in [3.63, 3.8) is 0 Å². The lowest BCUT2D eigenvalue weighted by atomic mass is 9.33. The maximum atomic E-state index is 2.79. The van der Waals surface area contributed by atoms with Crippen LogP contribution in [0.5, 0.6) is 0 Å². The van der Waals surface area contributed by atoms with Crippen molar-refractivity contribution >= 4 is 101 Å². The number of benzene rings is 17. The lowest BCUT2D eigenvalue weighted by molar-refractivity contribution is 0.590. The molecule has 2 aliphatic heterocycles. The maximum Gasteiger partial charge on any atom is 0.252 e. The molecule has 0 radical (unpaired) electrons. The van der Waals surface area contributed by atoms with Crippen LogP contribution in [0.15, 0.2) is 388 Å². The maximum absolute atomic E-state index is 2.79. The lowest BCUT2D eigenvalue weighted by Crippen LogP contribution is -2.61. The summed E-state index contributed by atoms with van der Waals surface area (Å²) in [5, 5.41) is 4.86. The van der Waals surface area contributed by atoms with Crippen LogP contribution < -0.4 is 26.2 Å². The Morgan fingerprint density at radius 2 is 0.437 bits per heavy atom. The third-order valence-corrected chi connectivity index (χ3v) is 25.2. The van der Waals surface area contributed by atoms with Gasteiger partial charge in [0.1, 0.15) is 0 Å². The van der Waals surface area contributed by atoms with Gasteiger partial charge >= 0.3 is 0 Å². The van der Waals surface area contributed by atoms with Crippen molar-refractivity contribution in [3.05, 3.63) is 405 Å². The van der Waals surface area contributed by atoms with Crippen molar-refractivity contribution < 1.29 is 0 Å². The average Bonchev–Trinajstić information content (AvgIpc) is 1.35. The van der Waals surface area contributed by atoms with Gasteiger partial charge in [-0.1, -0.05) is 366 Å².